The van der Waals surface area contributed by atoms with Gasteiger partial charge >= 0.3 is 0 Å². The standard InChI is InChI=1S/C38H27NS/c1-5-16-28(17-6-1)32-26-15-27-35(39(30-20-9-3-10-21-30)31-22-11-4-12-23-31)36(32)38-34-25-14-13-24-33(34)37(40-38)29-18-7-2-8-19-29/h1-27H. The normalized spacial score (nSPS) is 11.0. The molecule has 0 saturated heterocycles. The van der Waals surface area contributed by atoms with Crippen molar-refractivity contribution in [3.63, 3.8) is 0 Å². The molecule has 190 valence electrons. The van der Waals surface area contributed by atoms with E-state index in [1.807, 2.05) is 11.3 Å². The number of rotatable bonds is 6. The predicted octanol–water partition coefficient (Wildman–Crippen LogP) is 11.4. The second kappa shape index (κ2) is 10.7. The van der Waals surface area contributed by atoms with Crippen molar-refractivity contribution in [2.24, 2.45) is 0 Å². The molecule has 0 aliphatic rings. The highest BCUT2D eigenvalue weighted by Gasteiger charge is 2.24. The highest BCUT2D eigenvalue weighted by Crippen LogP contribution is 2.51. The summed E-state index contributed by atoms with van der Waals surface area (Å²) in [7, 11) is 0. The zero-order valence-corrected chi connectivity index (χ0v) is 22.8. The van der Waals surface area contributed by atoms with E-state index in [-0.39, 0.29) is 0 Å². The monoisotopic (exact) mass is 529 g/mol. The summed E-state index contributed by atoms with van der Waals surface area (Å²) in [6.07, 6.45) is 0. The number of hydrogen-bond acceptors (Lipinski definition) is 2. The van der Waals surface area contributed by atoms with Crippen LogP contribution in [0.5, 0.6) is 0 Å². The second-order valence-corrected chi connectivity index (χ2v) is 10.8. The van der Waals surface area contributed by atoms with E-state index in [0.29, 0.717) is 0 Å². The van der Waals surface area contributed by atoms with Gasteiger partial charge in [-0.25, -0.2) is 0 Å². The fraction of sp³-hybridized carbons (Fsp3) is 0. The summed E-state index contributed by atoms with van der Waals surface area (Å²) in [6, 6.07) is 58.4. The molecule has 7 rings (SSSR count). The van der Waals surface area contributed by atoms with Crippen LogP contribution in [-0.4, -0.2) is 0 Å². The first kappa shape index (κ1) is 24.1. The minimum absolute atomic E-state index is 1.13. The Hall–Kier alpha value is -4.92. The van der Waals surface area contributed by atoms with E-state index in [1.54, 1.807) is 0 Å². The molecule has 0 unspecified atom stereocenters. The largest absolute Gasteiger partial charge is 0.310 e. The molecule has 0 saturated carbocycles. The molecule has 40 heavy (non-hydrogen) atoms. The van der Waals surface area contributed by atoms with E-state index >= 15 is 0 Å². The lowest BCUT2D eigenvalue weighted by Crippen LogP contribution is -2.11. The molecular weight excluding hydrogens is 502 g/mol. The van der Waals surface area contributed by atoms with Gasteiger partial charge in [-0.15, -0.1) is 11.3 Å². The van der Waals surface area contributed by atoms with Gasteiger partial charge < -0.3 is 4.90 Å². The third-order valence-electron chi connectivity index (χ3n) is 7.28. The maximum absolute atomic E-state index is 2.39. The van der Waals surface area contributed by atoms with Crippen LogP contribution in [0.4, 0.5) is 17.1 Å². The molecule has 0 atom stereocenters. The van der Waals surface area contributed by atoms with Gasteiger partial charge in [0.05, 0.1) is 5.69 Å². The Morgan fingerprint density at radius 2 is 0.850 bits per heavy atom. The molecule has 6 aromatic carbocycles. The van der Waals surface area contributed by atoms with Crippen molar-refractivity contribution < 1.29 is 0 Å². The van der Waals surface area contributed by atoms with Crippen molar-refractivity contribution >= 4 is 39.2 Å². The Balaban J connectivity index is 1.58. The number of nitrogens with zero attached hydrogens (tertiary/aromatic N) is 1. The van der Waals surface area contributed by atoms with E-state index in [2.05, 4.69) is 169 Å². The molecule has 0 aliphatic heterocycles. The van der Waals surface area contributed by atoms with E-state index in [1.165, 1.54) is 42.8 Å². The Morgan fingerprint density at radius 1 is 0.375 bits per heavy atom. The van der Waals surface area contributed by atoms with Crippen LogP contribution in [0.15, 0.2) is 164 Å². The third kappa shape index (κ3) is 4.39. The van der Waals surface area contributed by atoms with Gasteiger partial charge in [-0.3, -0.25) is 0 Å². The van der Waals surface area contributed by atoms with E-state index in [0.717, 1.165) is 17.1 Å². The van der Waals surface area contributed by atoms with Crippen molar-refractivity contribution in [3.05, 3.63) is 164 Å². The van der Waals surface area contributed by atoms with Crippen molar-refractivity contribution in [1.29, 1.82) is 0 Å². The maximum atomic E-state index is 2.39. The molecule has 7 aromatic rings. The van der Waals surface area contributed by atoms with Gasteiger partial charge in [-0.1, -0.05) is 133 Å². The van der Waals surface area contributed by atoms with Crippen LogP contribution in [0.2, 0.25) is 0 Å². The quantitative estimate of drug-likeness (QED) is 0.207. The molecule has 0 N–H and O–H groups in total. The first-order valence-corrected chi connectivity index (χ1v) is 14.4. The van der Waals surface area contributed by atoms with Crippen LogP contribution in [0.1, 0.15) is 0 Å². The van der Waals surface area contributed by atoms with Crippen LogP contribution in [0, 0.1) is 0 Å². The summed E-state index contributed by atoms with van der Waals surface area (Å²) in [5.41, 5.74) is 8.33. The Morgan fingerprint density at radius 3 is 1.43 bits per heavy atom. The smallest absolute Gasteiger partial charge is 0.0554 e. The average molecular weight is 530 g/mol. The Bertz CT molecular complexity index is 1840. The van der Waals surface area contributed by atoms with Crippen LogP contribution in [0.3, 0.4) is 0 Å². The molecule has 1 nitrogen and oxygen atoms in total. The first-order valence-electron chi connectivity index (χ1n) is 13.5. The van der Waals surface area contributed by atoms with Gasteiger partial charge in [-0.2, -0.15) is 0 Å². The SMILES string of the molecule is c1ccc(-c2cccc(N(c3ccccc3)c3ccccc3)c2-c2sc(-c3ccccc3)c3ccccc23)cc1. The molecule has 0 fully saturated rings. The summed E-state index contributed by atoms with van der Waals surface area (Å²) in [5, 5.41) is 2.56. The molecule has 2 heteroatoms. The third-order valence-corrected chi connectivity index (χ3v) is 8.57. The fourth-order valence-corrected chi connectivity index (χ4v) is 6.84. The maximum Gasteiger partial charge on any atom is 0.0554 e. The highest BCUT2D eigenvalue weighted by atomic mass is 32.1. The van der Waals surface area contributed by atoms with Crippen molar-refractivity contribution in [1.82, 2.24) is 0 Å². The van der Waals surface area contributed by atoms with Crippen LogP contribution >= 0.6 is 11.3 Å². The molecule has 1 aromatic heterocycles. The van der Waals surface area contributed by atoms with E-state index in [4.69, 9.17) is 0 Å². The van der Waals surface area contributed by atoms with Crippen molar-refractivity contribution in [2.75, 3.05) is 4.90 Å². The summed E-state index contributed by atoms with van der Waals surface area (Å²) < 4.78 is 0. The number of anilines is 3. The van der Waals surface area contributed by atoms with Crippen molar-refractivity contribution in [3.8, 4) is 32.0 Å². The fourth-order valence-electron chi connectivity index (χ4n) is 5.49. The highest BCUT2D eigenvalue weighted by molar-refractivity contribution is 7.21. The summed E-state index contributed by atoms with van der Waals surface area (Å²) >= 11 is 1.88. The molecule has 0 aliphatic carbocycles. The minimum Gasteiger partial charge on any atom is -0.310 e. The van der Waals surface area contributed by atoms with E-state index < -0.39 is 0 Å². The van der Waals surface area contributed by atoms with Gasteiger partial charge in [0.2, 0.25) is 0 Å². The number of benzene rings is 6. The first-order chi connectivity index (χ1) is 19.9. The summed E-state index contributed by atoms with van der Waals surface area (Å²) in [4.78, 5) is 4.96. The lowest BCUT2D eigenvalue weighted by Gasteiger charge is -2.29. The molecule has 0 bridgehead atoms. The number of thiophene rings is 1. The van der Waals surface area contributed by atoms with Crippen LogP contribution in [0.25, 0.3) is 42.8 Å². The Kier molecular flexibility index (Phi) is 6.45. The van der Waals surface area contributed by atoms with Gasteiger partial charge in [0.1, 0.15) is 0 Å². The average Bonchev–Trinajstić information content (AvgIpc) is 3.42. The lowest BCUT2D eigenvalue weighted by atomic mass is 9.94. The molecular formula is C38H27NS. The predicted molar refractivity (Wildman–Crippen MR) is 173 cm³/mol. The van der Waals surface area contributed by atoms with Gasteiger partial charge in [0.25, 0.3) is 0 Å². The summed E-state index contributed by atoms with van der Waals surface area (Å²) in [6.45, 7) is 0. The van der Waals surface area contributed by atoms with Gasteiger partial charge in [0.15, 0.2) is 0 Å². The topological polar surface area (TPSA) is 3.24 Å². The zero-order valence-electron chi connectivity index (χ0n) is 21.9. The zero-order chi connectivity index (χ0) is 26.7. The molecule has 0 amide bonds. The lowest BCUT2D eigenvalue weighted by molar-refractivity contribution is 1.29. The number of hydrogen-bond donors (Lipinski definition) is 0. The number of para-hydroxylation sites is 2. The minimum atomic E-state index is 1.13. The summed E-state index contributed by atoms with van der Waals surface area (Å²) in [5.74, 6) is 0. The van der Waals surface area contributed by atoms with Gasteiger partial charge in [-0.05, 0) is 47.0 Å². The van der Waals surface area contributed by atoms with Gasteiger partial charge in [0, 0.05) is 37.5 Å². The van der Waals surface area contributed by atoms with E-state index in [9.17, 15) is 0 Å². The van der Waals surface area contributed by atoms with Crippen molar-refractivity contribution in [2.45, 2.75) is 0 Å². The second-order valence-electron chi connectivity index (χ2n) is 9.74. The Labute approximate surface area is 239 Å². The molecule has 0 radical (unpaired) electrons. The molecule has 1 heterocycles. The molecule has 0 spiro atoms. The van der Waals surface area contributed by atoms with Crippen LogP contribution < -0.4 is 4.90 Å². The van der Waals surface area contributed by atoms with Crippen LogP contribution in [-0.2, 0) is 0 Å². The number of fused-ring (bicyclic) bond motifs is 1.